The van der Waals surface area contributed by atoms with Crippen LogP contribution in [0.5, 0.6) is 0 Å². The third-order valence-corrected chi connectivity index (χ3v) is 3.33. The van der Waals surface area contributed by atoms with E-state index in [9.17, 15) is 4.79 Å². The third kappa shape index (κ3) is 2.22. The standard InChI is InChI=1S/C13H16N4O/c18-9-14-10-3-4-11-12(7-10)16-13(15-11)8-17-5-1-2-6-17/h3-4,7,9H,1-2,5-6,8H2,(H,14,18)(H,15,16). The average Bonchev–Trinajstić information content (AvgIpc) is 2.98. The van der Waals surface area contributed by atoms with E-state index in [1.807, 2.05) is 18.2 Å². The first-order valence-corrected chi connectivity index (χ1v) is 6.26. The highest BCUT2D eigenvalue weighted by Gasteiger charge is 2.13. The monoisotopic (exact) mass is 244 g/mol. The molecule has 0 aliphatic carbocycles. The first-order valence-electron chi connectivity index (χ1n) is 6.26. The molecule has 1 fully saturated rings. The molecule has 0 bridgehead atoms. The predicted octanol–water partition coefficient (Wildman–Crippen LogP) is 1.73. The number of hydrogen-bond donors (Lipinski definition) is 2. The van der Waals surface area contributed by atoms with Gasteiger partial charge in [0.2, 0.25) is 6.41 Å². The lowest BCUT2D eigenvalue weighted by Crippen LogP contribution is -2.19. The molecule has 2 heterocycles. The minimum atomic E-state index is 0.683. The lowest BCUT2D eigenvalue weighted by atomic mass is 10.3. The van der Waals surface area contributed by atoms with E-state index in [4.69, 9.17) is 0 Å². The zero-order valence-electron chi connectivity index (χ0n) is 10.1. The summed E-state index contributed by atoms with van der Waals surface area (Å²) >= 11 is 0. The van der Waals surface area contributed by atoms with Crippen molar-refractivity contribution >= 4 is 23.1 Å². The lowest BCUT2D eigenvalue weighted by Gasteiger charge is -2.11. The number of aromatic nitrogens is 2. The van der Waals surface area contributed by atoms with Gasteiger partial charge in [-0.1, -0.05) is 0 Å². The summed E-state index contributed by atoms with van der Waals surface area (Å²) in [5, 5.41) is 2.64. The molecule has 0 saturated carbocycles. The Labute approximate surface area is 105 Å². The van der Waals surface area contributed by atoms with Gasteiger partial charge in [0.15, 0.2) is 0 Å². The number of H-pyrrole nitrogens is 1. The van der Waals surface area contributed by atoms with Gasteiger partial charge in [-0.05, 0) is 44.1 Å². The summed E-state index contributed by atoms with van der Waals surface area (Å²) in [4.78, 5) is 20.7. The Kier molecular flexibility index (Phi) is 2.98. The molecule has 0 radical (unpaired) electrons. The highest BCUT2D eigenvalue weighted by atomic mass is 16.1. The third-order valence-electron chi connectivity index (χ3n) is 3.33. The molecular weight excluding hydrogens is 228 g/mol. The number of carbonyl (C=O) groups excluding carboxylic acids is 1. The van der Waals surface area contributed by atoms with Crippen molar-refractivity contribution in [3.63, 3.8) is 0 Å². The molecule has 3 rings (SSSR count). The molecule has 2 aromatic rings. The molecule has 1 aliphatic rings. The number of anilines is 1. The van der Waals surface area contributed by atoms with Gasteiger partial charge in [0.1, 0.15) is 5.82 Å². The number of aromatic amines is 1. The van der Waals surface area contributed by atoms with Crippen LogP contribution in [0.2, 0.25) is 0 Å². The molecule has 0 atom stereocenters. The van der Waals surface area contributed by atoms with Crippen LogP contribution in [-0.2, 0) is 11.3 Å². The van der Waals surface area contributed by atoms with E-state index in [0.717, 1.165) is 42.2 Å². The zero-order valence-corrected chi connectivity index (χ0v) is 10.1. The fraction of sp³-hybridized carbons (Fsp3) is 0.385. The van der Waals surface area contributed by atoms with Gasteiger partial charge in [-0.2, -0.15) is 0 Å². The van der Waals surface area contributed by atoms with Gasteiger partial charge in [-0.3, -0.25) is 9.69 Å². The van der Waals surface area contributed by atoms with Gasteiger partial charge in [0.25, 0.3) is 0 Å². The fourth-order valence-electron chi connectivity index (χ4n) is 2.45. The van der Waals surface area contributed by atoms with Crippen molar-refractivity contribution < 1.29 is 4.79 Å². The summed E-state index contributed by atoms with van der Waals surface area (Å²) in [6.07, 6.45) is 3.25. The second kappa shape index (κ2) is 4.78. The van der Waals surface area contributed by atoms with Crippen molar-refractivity contribution in [3.8, 4) is 0 Å². The van der Waals surface area contributed by atoms with Crippen LogP contribution in [0.1, 0.15) is 18.7 Å². The van der Waals surface area contributed by atoms with Crippen LogP contribution in [-0.4, -0.2) is 34.4 Å². The quantitative estimate of drug-likeness (QED) is 0.805. The zero-order chi connectivity index (χ0) is 12.4. The van der Waals surface area contributed by atoms with Gasteiger partial charge in [-0.15, -0.1) is 0 Å². The molecular formula is C13H16N4O. The maximum absolute atomic E-state index is 10.4. The molecule has 18 heavy (non-hydrogen) atoms. The maximum Gasteiger partial charge on any atom is 0.211 e. The number of imidazole rings is 1. The largest absolute Gasteiger partial charge is 0.341 e. The maximum atomic E-state index is 10.4. The van der Waals surface area contributed by atoms with E-state index in [2.05, 4.69) is 20.2 Å². The topological polar surface area (TPSA) is 61.0 Å². The number of likely N-dealkylation sites (tertiary alicyclic amines) is 1. The molecule has 1 aromatic carbocycles. The van der Waals surface area contributed by atoms with Crippen LogP contribution >= 0.6 is 0 Å². The number of rotatable bonds is 4. The fourth-order valence-corrected chi connectivity index (χ4v) is 2.45. The summed E-state index contributed by atoms with van der Waals surface area (Å²) < 4.78 is 0. The van der Waals surface area contributed by atoms with Gasteiger partial charge < -0.3 is 10.3 Å². The van der Waals surface area contributed by atoms with Crippen molar-refractivity contribution in [1.29, 1.82) is 0 Å². The Bertz CT molecular complexity index is 557. The molecule has 2 N–H and O–H groups in total. The molecule has 1 amide bonds. The predicted molar refractivity (Wildman–Crippen MR) is 70.3 cm³/mol. The van der Waals surface area contributed by atoms with Crippen LogP contribution < -0.4 is 5.32 Å². The molecule has 1 saturated heterocycles. The smallest absolute Gasteiger partial charge is 0.211 e. The van der Waals surface area contributed by atoms with Crippen molar-refractivity contribution in [2.45, 2.75) is 19.4 Å². The molecule has 0 spiro atoms. The van der Waals surface area contributed by atoms with E-state index in [1.165, 1.54) is 12.8 Å². The van der Waals surface area contributed by atoms with Crippen molar-refractivity contribution in [2.75, 3.05) is 18.4 Å². The van der Waals surface area contributed by atoms with Crippen molar-refractivity contribution in [2.24, 2.45) is 0 Å². The van der Waals surface area contributed by atoms with Crippen LogP contribution in [0.25, 0.3) is 11.0 Å². The van der Waals surface area contributed by atoms with E-state index in [-0.39, 0.29) is 0 Å². The Balaban J connectivity index is 1.83. The SMILES string of the molecule is O=CNc1ccc2nc(CN3CCCC3)[nH]c2c1. The molecule has 1 aliphatic heterocycles. The van der Waals surface area contributed by atoms with Crippen molar-refractivity contribution in [1.82, 2.24) is 14.9 Å². The number of fused-ring (bicyclic) bond motifs is 1. The van der Waals surface area contributed by atoms with Crippen molar-refractivity contribution in [3.05, 3.63) is 24.0 Å². The second-order valence-corrected chi connectivity index (χ2v) is 4.66. The first kappa shape index (κ1) is 11.2. The number of nitrogens with zero attached hydrogens (tertiary/aromatic N) is 2. The number of hydrogen-bond acceptors (Lipinski definition) is 3. The first-order chi connectivity index (χ1) is 8.85. The normalized spacial score (nSPS) is 16.2. The highest BCUT2D eigenvalue weighted by Crippen LogP contribution is 2.18. The Morgan fingerprint density at radius 3 is 3.00 bits per heavy atom. The molecule has 94 valence electrons. The van der Waals surface area contributed by atoms with E-state index < -0.39 is 0 Å². The summed E-state index contributed by atoms with van der Waals surface area (Å²) in [6, 6.07) is 5.69. The minimum absolute atomic E-state index is 0.683. The Hall–Kier alpha value is -1.88. The molecule has 0 unspecified atom stereocenters. The van der Waals surface area contributed by atoms with E-state index in [1.54, 1.807) is 0 Å². The van der Waals surface area contributed by atoms with E-state index in [0.29, 0.717) is 6.41 Å². The van der Waals surface area contributed by atoms with Gasteiger partial charge in [-0.25, -0.2) is 4.98 Å². The van der Waals surface area contributed by atoms with Gasteiger partial charge in [0.05, 0.1) is 17.6 Å². The Morgan fingerprint density at radius 1 is 1.39 bits per heavy atom. The highest BCUT2D eigenvalue weighted by molar-refractivity contribution is 5.83. The van der Waals surface area contributed by atoms with Crippen LogP contribution in [0, 0.1) is 0 Å². The summed E-state index contributed by atoms with van der Waals surface area (Å²) in [7, 11) is 0. The lowest BCUT2D eigenvalue weighted by molar-refractivity contribution is -0.105. The summed E-state index contributed by atoms with van der Waals surface area (Å²) in [5.74, 6) is 0.996. The molecule has 1 aromatic heterocycles. The Morgan fingerprint density at radius 2 is 2.22 bits per heavy atom. The number of nitrogens with one attached hydrogen (secondary N) is 2. The summed E-state index contributed by atoms with van der Waals surface area (Å²) in [5.41, 5.74) is 2.70. The van der Waals surface area contributed by atoms with Gasteiger partial charge in [0, 0.05) is 5.69 Å². The van der Waals surface area contributed by atoms with Gasteiger partial charge >= 0.3 is 0 Å². The number of benzene rings is 1. The second-order valence-electron chi connectivity index (χ2n) is 4.66. The number of carbonyl (C=O) groups is 1. The average molecular weight is 244 g/mol. The minimum Gasteiger partial charge on any atom is -0.341 e. The summed E-state index contributed by atoms with van der Waals surface area (Å²) in [6.45, 7) is 3.20. The van der Waals surface area contributed by atoms with E-state index >= 15 is 0 Å². The van der Waals surface area contributed by atoms with Crippen LogP contribution in [0.15, 0.2) is 18.2 Å². The van der Waals surface area contributed by atoms with Crippen LogP contribution in [0.3, 0.4) is 0 Å². The molecule has 5 heteroatoms. The number of amides is 1. The van der Waals surface area contributed by atoms with Crippen LogP contribution in [0.4, 0.5) is 5.69 Å². The molecule has 5 nitrogen and oxygen atoms in total.